The smallest absolute Gasteiger partial charge is 0.383 e. The lowest BCUT2D eigenvalue weighted by atomic mass is 10.1. The van der Waals surface area contributed by atoms with E-state index in [-0.39, 0.29) is 18.4 Å². The highest BCUT2D eigenvalue weighted by atomic mass is 19.4. The number of alkyl halides is 3. The fourth-order valence-corrected chi connectivity index (χ4v) is 2.61. The molecule has 0 aromatic carbocycles. The van der Waals surface area contributed by atoms with Crippen molar-refractivity contribution in [1.82, 2.24) is 15.1 Å². The van der Waals surface area contributed by atoms with Gasteiger partial charge in [-0.1, -0.05) is 6.92 Å². The minimum atomic E-state index is -4.17. The van der Waals surface area contributed by atoms with Crippen LogP contribution in [0.1, 0.15) is 13.3 Å². The maximum absolute atomic E-state index is 12.4. The second-order valence-corrected chi connectivity index (χ2v) is 5.61. The van der Waals surface area contributed by atoms with Crippen molar-refractivity contribution >= 4 is 5.91 Å². The van der Waals surface area contributed by atoms with Crippen LogP contribution in [0.5, 0.6) is 0 Å². The maximum atomic E-state index is 12.4. The molecule has 1 amide bonds. The summed E-state index contributed by atoms with van der Waals surface area (Å²) >= 11 is 0. The van der Waals surface area contributed by atoms with Crippen LogP contribution in [0.2, 0.25) is 0 Å². The SMILES string of the molecule is CCN(CC1CCN(C(=O)CNCCOC)C1)CC(F)(F)F. The minimum Gasteiger partial charge on any atom is -0.383 e. The molecule has 1 rings (SSSR count). The standard InChI is InChI=1S/C14H26F3N3O2/c1-3-19(11-14(15,16)17)9-12-4-6-20(10-12)13(21)8-18-5-7-22-2/h12,18H,3-11H2,1-2H3. The van der Waals surface area contributed by atoms with Gasteiger partial charge < -0.3 is 15.0 Å². The topological polar surface area (TPSA) is 44.8 Å². The quantitative estimate of drug-likeness (QED) is 0.641. The van der Waals surface area contributed by atoms with Gasteiger partial charge in [-0.05, 0) is 18.9 Å². The number of hydrogen-bond acceptors (Lipinski definition) is 4. The van der Waals surface area contributed by atoms with Gasteiger partial charge in [0.2, 0.25) is 5.91 Å². The molecule has 1 fully saturated rings. The van der Waals surface area contributed by atoms with Gasteiger partial charge in [0, 0.05) is 33.3 Å². The Morgan fingerprint density at radius 1 is 1.45 bits per heavy atom. The second kappa shape index (κ2) is 9.32. The fraction of sp³-hybridized carbons (Fsp3) is 0.929. The number of ether oxygens (including phenoxy) is 1. The Kier molecular flexibility index (Phi) is 8.13. The molecule has 0 aliphatic carbocycles. The van der Waals surface area contributed by atoms with Crippen LogP contribution in [-0.4, -0.2) is 81.4 Å². The Morgan fingerprint density at radius 3 is 2.77 bits per heavy atom. The van der Waals surface area contributed by atoms with Crippen LogP contribution in [0, 0.1) is 5.92 Å². The number of carbonyl (C=O) groups is 1. The highest BCUT2D eigenvalue weighted by Gasteiger charge is 2.33. The first-order valence-electron chi connectivity index (χ1n) is 7.62. The molecule has 1 saturated heterocycles. The van der Waals surface area contributed by atoms with E-state index in [2.05, 4.69) is 5.32 Å². The summed E-state index contributed by atoms with van der Waals surface area (Å²) in [6.07, 6.45) is -3.41. The van der Waals surface area contributed by atoms with Crippen molar-refractivity contribution < 1.29 is 22.7 Å². The Balaban J connectivity index is 2.30. The van der Waals surface area contributed by atoms with Crippen molar-refractivity contribution in [1.29, 1.82) is 0 Å². The number of likely N-dealkylation sites (tertiary alicyclic amines) is 1. The van der Waals surface area contributed by atoms with Gasteiger partial charge >= 0.3 is 6.18 Å². The highest BCUT2D eigenvalue weighted by molar-refractivity contribution is 5.78. The zero-order valence-corrected chi connectivity index (χ0v) is 13.3. The van der Waals surface area contributed by atoms with E-state index in [9.17, 15) is 18.0 Å². The largest absolute Gasteiger partial charge is 0.401 e. The Labute approximate surface area is 129 Å². The number of hydrogen-bond donors (Lipinski definition) is 1. The fourth-order valence-electron chi connectivity index (χ4n) is 2.61. The summed E-state index contributed by atoms with van der Waals surface area (Å²) in [7, 11) is 1.59. The highest BCUT2D eigenvalue weighted by Crippen LogP contribution is 2.21. The third kappa shape index (κ3) is 7.42. The molecular formula is C14H26F3N3O2. The average Bonchev–Trinajstić information content (AvgIpc) is 2.89. The molecule has 130 valence electrons. The second-order valence-electron chi connectivity index (χ2n) is 5.61. The van der Waals surface area contributed by atoms with Crippen LogP contribution in [-0.2, 0) is 9.53 Å². The van der Waals surface area contributed by atoms with Gasteiger partial charge in [-0.15, -0.1) is 0 Å². The lowest BCUT2D eigenvalue weighted by Gasteiger charge is -2.25. The van der Waals surface area contributed by atoms with Crippen molar-refractivity contribution in [3.63, 3.8) is 0 Å². The van der Waals surface area contributed by atoms with Crippen molar-refractivity contribution in [2.24, 2.45) is 5.92 Å². The Hall–Kier alpha value is -0.860. The van der Waals surface area contributed by atoms with E-state index in [0.29, 0.717) is 39.3 Å². The first-order valence-corrected chi connectivity index (χ1v) is 7.62. The molecular weight excluding hydrogens is 299 g/mol. The number of halogens is 3. The van der Waals surface area contributed by atoms with Crippen molar-refractivity contribution in [2.45, 2.75) is 19.5 Å². The predicted octanol–water partition coefficient (Wildman–Crippen LogP) is 0.955. The number of carbonyl (C=O) groups excluding carboxylic acids is 1. The molecule has 1 heterocycles. The van der Waals surface area contributed by atoms with Crippen molar-refractivity contribution in [3.05, 3.63) is 0 Å². The van der Waals surface area contributed by atoms with Crippen LogP contribution in [0.3, 0.4) is 0 Å². The molecule has 0 aromatic rings. The molecule has 1 unspecified atom stereocenters. The lowest BCUT2D eigenvalue weighted by molar-refractivity contribution is -0.146. The Morgan fingerprint density at radius 2 is 2.18 bits per heavy atom. The summed E-state index contributed by atoms with van der Waals surface area (Å²) in [5.41, 5.74) is 0. The van der Waals surface area contributed by atoms with Crippen LogP contribution in [0.25, 0.3) is 0 Å². The van der Waals surface area contributed by atoms with Gasteiger partial charge in [-0.3, -0.25) is 9.69 Å². The monoisotopic (exact) mass is 325 g/mol. The van der Waals surface area contributed by atoms with E-state index in [1.54, 1.807) is 18.9 Å². The molecule has 5 nitrogen and oxygen atoms in total. The number of nitrogens with one attached hydrogen (secondary N) is 1. The molecule has 8 heteroatoms. The zero-order chi connectivity index (χ0) is 16.6. The summed E-state index contributed by atoms with van der Waals surface area (Å²) in [5.74, 6) is 0.114. The van der Waals surface area contributed by atoms with Gasteiger partial charge in [-0.2, -0.15) is 13.2 Å². The van der Waals surface area contributed by atoms with Crippen LogP contribution >= 0.6 is 0 Å². The third-order valence-corrected chi connectivity index (χ3v) is 3.76. The van der Waals surface area contributed by atoms with E-state index in [4.69, 9.17) is 4.74 Å². The summed E-state index contributed by atoms with van der Waals surface area (Å²) in [5, 5.41) is 2.99. The van der Waals surface area contributed by atoms with E-state index >= 15 is 0 Å². The summed E-state index contributed by atoms with van der Waals surface area (Å²) in [4.78, 5) is 15.1. The number of amides is 1. The predicted molar refractivity (Wildman–Crippen MR) is 77.6 cm³/mol. The molecule has 0 bridgehead atoms. The first-order chi connectivity index (χ1) is 10.4. The molecule has 0 radical (unpaired) electrons. The molecule has 1 aliphatic rings. The molecule has 1 atom stereocenters. The van der Waals surface area contributed by atoms with Crippen LogP contribution in [0.15, 0.2) is 0 Å². The number of methoxy groups -OCH3 is 1. The first kappa shape index (κ1) is 19.2. The molecule has 22 heavy (non-hydrogen) atoms. The summed E-state index contributed by atoms with van der Waals surface area (Å²) in [6, 6.07) is 0. The molecule has 0 saturated carbocycles. The van der Waals surface area contributed by atoms with Gasteiger partial charge in [0.05, 0.1) is 19.7 Å². The van der Waals surface area contributed by atoms with E-state index in [0.717, 1.165) is 6.42 Å². The van der Waals surface area contributed by atoms with Gasteiger partial charge in [0.25, 0.3) is 0 Å². The van der Waals surface area contributed by atoms with Crippen LogP contribution < -0.4 is 5.32 Å². The Bertz CT molecular complexity index is 340. The minimum absolute atomic E-state index is 0.00234. The van der Waals surface area contributed by atoms with Crippen LogP contribution in [0.4, 0.5) is 13.2 Å². The van der Waals surface area contributed by atoms with E-state index < -0.39 is 12.7 Å². The molecule has 1 N–H and O–H groups in total. The zero-order valence-electron chi connectivity index (χ0n) is 13.3. The molecule has 0 aromatic heterocycles. The lowest BCUT2D eigenvalue weighted by Crippen LogP contribution is -2.40. The van der Waals surface area contributed by atoms with E-state index in [1.165, 1.54) is 4.90 Å². The molecule has 1 aliphatic heterocycles. The number of nitrogens with zero attached hydrogens (tertiary/aromatic N) is 2. The molecule has 0 spiro atoms. The van der Waals surface area contributed by atoms with Crippen molar-refractivity contribution in [3.8, 4) is 0 Å². The normalized spacial score (nSPS) is 19.2. The van der Waals surface area contributed by atoms with Crippen molar-refractivity contribution in [2.75, 3.05) is 59.5 Å². The van der Waals surface area contributed by atoms with E-state index in [1.807, 2.05) is 0 Å². The summed E-state index contributed by atoms with van der Waals surface area (Å²) < 4.78 is 42.2. The third-order valence-electron chi connectivity index (χ3n) is 3.76. The van der Waals surface area contributed by atoms with Gasteiger partial charge in [0.1, 0.15) is 0 Å². The average molecular weight is 325 g/mol. The summed E-state index contributed by atoms with van der Waals surface area (Å²) in [6.45, 7) is 4.15. The van der Waals surface area contributed by atoms with Gasteiger partial charge in [-0.25, -0.2) is 0 Å². The maximum Gasteiger partial charge on any atom is 0.401 e. The number of rotatable bonds is 9. The van der Waals surface area contributed by atoms with Gasteiger partial charge in [0.15, 0.2) is 0 Å².